The first kappa shape index (κ1) is 18.3. The molecule has 1 amide bonds. The summed E-state index contributed by atoms with van der Waals surface area (Å²) >= 11 is 0. The Morgan fingerprint density at radius 2 is 2.14 bits per heavy atom. The van der Waals surface area contributed by atoms with Gasteiger partial charge in [0, 0.05) is 19.8 Å². The van der Waals surface area contributed by atoms with Crippen molar-refractivity contribution < 1.29 is 13.7 Å². The summed E-state index contributed by atoms with van der Waals surface area (Å²) in [6.45, 7) is 0.606. The molecule has 1 aromatic carbocycles. The number of benzene rings is 1. The molecular formula is C20H22FN5O2. The van der Waals surface area contributed by atoms with Crippen LogP contribution in [0.3, 0.4) is 0 Å². The minimum atomic E-state index is -0.361. The van der Waals surface area contributed by atoms with Gasteiger partial charge < -0.3 is 9.42 Å². The number of rotatable bonds is 4. The lowest BCUT2D eigenvalue weighted by Crippen LogP contribution is -2.36. The zero-order valence-corrected chi connectivity index (χ0v) is 15.7. The van der Waals surface area contributed by atoms with E-state index in [0.29, 0.717) is 23.8 Å². The van der Waals surface area contributed by atoms with Crippen molar-refractivity contribution in [2.24, 2.45) is 7.05 Å². The molecule has 1 atom stereocenters. The van der Waals surface area contributed by atoms with Crippen LogP contribution in [0.5, 0.6) is 0 Å². The second kappa shape index (κ2) is 7.92. The van der Waals surface area contributed by atoms with E-state index in [2.05, 4.69) is 15.2 Å². The lowest BCUT2D eigenvalue weighted by Gasteiger charge is -2.28. The molecule has 0 N–H and O–H groups in total. The molecule has 0 saturated carbocycles. The molecule has 8 heteroatoms. The highest BCUT2D eigenvalue weighted by atomic mass is 19.1. The molecule has 0 aliphatic carbocycles. The van der Waals surface area contributed by atoms with Gasteiger partial charge in [-0.25, -0.2) is 4.39 Å². The van der Waals surface area contributed by atoms with Gasteiger partial charge in [0.1, 0.15) is 5.82 Å². The molecule has 1 aliphatic rings. The van der Waals surface area contributed by atoms with Crippen LogP contribution in [0.2, 0.25) is 0 Å². The second-order valence-electron chi connectivity index (χ2n) is 7.08. The molecular weight excluding hydrogens is 361 g/mol. The zero-order valence-electron chi connectivity index (χ0n) is 15.7. The van der Waals surface area contributed by atoms with Crippen molar-refractivity contribution in [2.75, 3.05) is 6.54 Å². The molecule has 7 nitrogen and oxygen atoms in total. The molecule has 28 heavy (non-hydrogen) atoms. The summed E-state index contributed by atoms with van der Waals surface area (Å²) in [6.07, 6.45) is 7.16. The van der Waals surface area contributed by atoms with Gasteiger partial charge in [-0.15, -0.1) is 0 Å². The fraction of sp³-hybridized carbons (Fsp3) is 0.400. The number of hydrogen-bond donors (Lipinski definition) is 0. The van der Waals surface area contributed by atoms with Crippen LogP contribution in [0.25, 0.3) is 11.5 Å². The fourth-order valence-electron chi connectivity index (χ4n) is 3.60. The number of aryl methyl sites for hydroxylation is 1. The van der Waals surface area contributed by atoms with Crippen molar-refractivity contribution in [2.45, 2.75) is 38.1 Å². The SMILES string of the molecule is Cn1cc(-c2nc([C@H]3CCCCCN3C(=O)Cc3ccccc3F)no2)cn1. The number of carbonyl (C=O) groups is 1. The van der Waals surface area contributed by atoms with Crippen molar-refractivity contribution in [1.82, 2.24) is 24.8 Å². The Hall–Kier alpha value is -3.03. The molecule has 0 spiro atoms. The van der Waals surface area contributed by atoms with Crippen molar-refractivity contribution in [3.05, 3.63) is 53.9 Å². The van der Waals surface area contributed by atoms with E-state index in [4.69, 9.17) is 4.52 Å². The Morgan fingerprint density at radius 3 is 2.93 bits per heavy atom. The Bertz CT molecular complexity index is 967. The number of halogens is 1. The quantitative estimate of drug-likeness (QED) is 0.691. The van der Waals surface area contributed by atoms with E-state index in [1.165, 1.54) is 6.07 Å². The highest BCUT2D eigenvalue weighted by Crippen LogP contribution is 2.30. The maximum absolute atomic E-state index is 14.0. The summed E-state index contributed by atoms with van der Waals surface area (Å²) in [6, 6.07) is 6.12. The maximum Gasteiger partial charge on any atom is 0.261 e. The van der Waals surface area contributed by atoms with Crippen LogP contribution in [0.1, 0.15) is 43.1 Å². The molecule has 3 aromatic rings. The smallest absolute Gasteiger partial charge is 0.261 e. The largest absolute Gasteiger partial charge is 0.334 e. The molecule has 4 rings (SSSR count). The van der Waals surface area contributed by atoms with Gasteiger partial charge in [0.2, 0.25) is 5.91 Å². The van der Waals surface area contributed by atoms with Crippen molar-refractivity contribution in [3.8, 4) is 11.5 Å². The average molecular weight is 383 g/mol. The third-order valence-corrected chi connectivity index (χ3v) is 5.06. The van der Waals surface area contributed by atoms with Crippen LogP contribution < -0.4 is 0 Å². The van der Waals surface area contributed by atoms with E-state index >= 15 is 0 Å². The van der Waals surface area contributed by atoms with Crippen LogP contribution in [0.4, 0.5) is 4.39 Å². The first-order valence-electron chi connectivity index (χ1n) is 9.47. The average Bonchev–Trinajstić information content (AvgIpc) is 3.26. The summed E-state index contributed by atoms with van der Waals surface area (Å²) < 4.78 is 21.1. The molecule has 0 radical (unpaired) electrons. The van der Waals surface area contributed by atoms with Gasteiger partial charge in [0.25, 0.3) is 5.89 Å². The standard InChI is InChI=1S/C20H22FN5O2/c1-25-13-15(12-22-25)20-23-19(24-28-20)17-9-3-2-6-10-26(17)18(27)11-14-7-4-5-8-16(14)21/h4-5,7-8,12-13,17H,2-3,6,9-11H2,1H3/t17-/m1/s1. The molecule has 146 valence electrons. The predicted octanol–water partition coefficient (Wildman–Crippen LogP) is 3.30. The van der Waals surface area contributed by atoms with Gasteiger partial charge in [-0.05, 0) is 24.5 Å². The molecule has 0 bridgehead atoms. The first-order chi connectivity index (χ1) is 13.6. The summed E-state index contributed by atoms with van der Waals surface area (Å²) in [5.41, 5.74) is 1.14. The highest BCUT2D eigenvalue weighted by Gasteiger charge is 2.31. The van der Waals surface area contributed by atoms with E-state index < -0.39 is 0 Å². The number of carbonyl (C=O) groups excluding carboxylic acids is 1. The molecule has 1 saturated heterocycles. The lowest BCUT2D eigenvalue weighted by molar-refractivity contribution is -0.133. The summed E-state index contributed by atoms with van der Waals surface area (Å²) in [4.78, 5) is 19.3. The number of aromatic nitrogens is 4. The van der Waals surface area contributed by atoms with Gasteiger partial charge in [0.15, 0.2) is 5.82 Å². The monoisotopic (exact) mass is 383 g/mol. The highest BCUT2D eigenvalue weighted by molar-refractivity contribution is 5.79. The first-order valence-corrected chi connectivity index (χ1v) is 9.47. The Kier molecular flexibility index (Phi) is 5.18. The fourth-order valence-corrected chi connectivity index (χ4v) is 3.60. The molecule has 0 unspecified atom stereocenters. The van der Waals surface area contributed by atoms with Crippen LogP contribution in [0, 0.1) is 5.82 Å². The van der Waals surface area contributed by atoms with Gasteiger partial charge in [0.05, 0.1) is 24.2 Å². The van der Waals surface area contributed by atoms with Crippen molar-refractivity contribution >= 4 is 5.91 Å². The van der Waals surface area contributed by atoms with Gasteiger partial charge in [-0.1, -0.05) is 36.2 Å². The van der Waals surface area contributed by atoms with Crippen LogP contribution in [-0.2, 0) is 18.3 Å². The van der Waals surface area contributed by atoms with E-state index in [0.717, 1.165) is 31.2 Å². The summed E-state index contributed by atoms with van der Waals surface area (Å²) in [5.74, 6) is 0.391. The van der Waals surface area contributed by atoms with E-state index in [9.17, 15) is 9.18 Å². The summed E-state index contributed by atoms with van der Waals surface area (Å²) in [7, 11) is 1.81. The van der Waals surface area contributed by atoms with Crippen molar-refractivity contribution in [1.29, 1.82) is 0 Å². The van der Waals surface area contributed by atoms with Crippen molar-refractivity contribution in [3.63, 3.8) is 0 Å². The third kappa shape index (κ3) is 3.81. The lowest BCUT2D eigenvalue weighted by atomic mass is 10.1. The molecule has 1 aliphatic heterocycles. The molecule has 3 heterocycles. The maximum atomic E-state index is 14.0. The Labute approximate surface area is 162 Å². The number of amides is 1. The topological polar surface area (TPSA) is 77.0 Å². The Balaban J connectivity index is 1.58. The van der Waals surface area contributed by atoms with Crippen LogP contribution in [-0.4, -0.2) is 37.3 Å². The zero-order chi connectivity index (χ0) is 19.5. The van der Waals surface area contributed by atoms with E-state index in [-0.39, 0.29) is 24.2 Å². The minimum Gasteiger partial charge on any atom is -0.334 e. The molecule has 2 aromatic heterocycles. The molecule has 1 fully saturated rings. The van der Waals surface area contributed by atoms with Gasteiger partial charge >= 0.3 is 0 Å². The second-order valence-corrected chi connectivity index (χ2v) is 7.08. The van der Waals surface area contributed by atoms with E-state index in [1.54, 1.807) is 40.2 Å². The Morgan fingerprint density at radius 1 is 1.29 bits per heavy atom. The minimum absolute atomic E-state index is 0.0243. The number of nitrogens with zero attached hydrogens (tertiary/aromatic N) is 5. The summed E-state index contributed by atoms with van der Waals surface area (Å²) in [5, 5.41) is 8.25. The van der Waals surface area contributed by atoms with Crippen LogP contribution >= 0.6 is 0 Å². The predicted molar refractivity (Wildman–Crippen MR) is 99.5 cm³/mol. The third-order valence-electron chi connectivity index (χ3n) is 5.06. The van der Waals surface area contributed by atoms with Gasteiger partial charge in [-0.2, -0.15) is 10.1 Å². The van der Waals surface area contributed by atoms with E-state index in [1.807, 2.05) is 7.05 Å². The van der Waals surface area contributed by atoms with Gasteiger partial charge in [-0.3, -0.25) is 9.48 Å². The number of likely N-dealkylation sites (tertiary alicyclic amines) is 1. The number of hydrogen-bond acceptors (Lipinski definition) is 5. The van der Waals surface area contributed by atoms with Crippen LogP contribution in [0.15, 0.2) is 41.2 Å². The normalized spacial score (nSPS) is 17.5.